The van der Waals surface area contributed by atoms with Crippen LogP contribution in [-0.2, 0) is 4.79 Å². The summed E-state index contributed by atoms with van der Waals surface area (Å²) >= 11 is 0. The van der Waals surface area contributed by atoms with Gasteiger partial charge in [0.25, 0.3) is 0 Å². The van der Waals surface area contributed by atoms with E-state index >= 15 is 0 Å². The number of carbonyl (C=O) groups excluding carboxylic acids is 1. The van der Waals surface area contributed by atoms with Crippen molar-refractivity contribution in [1.29, 1.82) is 0 Å². The van der Waals surface area contributed by atoms with Crippen LogP contribution in [0.2, 0.25) is 0 Å². The van der Waals surface area contributed by atoms with Gasteiger partial charge in [0.15, 0.2) is 0 Å². The van der Waals surface area contributed by atoms with Crippen LogP contribution < -0.4 is 11.1 Å². The normalized spacial score (nSPS) is 29.9. The zero-order valence-electron chi connectivity index (χ0n) is 11.0. The first-order valence-corrected chi connectivity index (χ1v) is 6.89. The van der Waals surface area contributed by atoms with Crippen molar-refractivity contribution in [2.45, 2.75) is 70.1 Å². The minimum atomic E-state index is -0.202. The molecular weight excluding hydrogens is 214 g/mol. The number of rotatable bonds is 5. The van der Waals surface area contributed by atoms with Gasteiger partial charge in [-0.25, -0.2) is 0 Å². The second-order valence-corrected chi connectivity index (χ2v) is 5.77. The summed E-state index contributed by atoms with van der Waals surface area (Å²) in [5.74, 6) is -0.202. The van der Waals surface area contributed by atoms with E-state index in [1.54, 1.807) is 0 Å². The van der Waals surface area contributed by atoms with Crippen LogP contribution >= 0.6 is 0 Å². The second-order valence-electron chi connectivity index (χ2n) is 5.77. The Morgan fingerprint density at radius 1 is 1.35 bits per heavy atom. The highest BCUT2D eigenvalue weighted by Gasteiger charge is 2.33. The lowest BCUT2D eigenvalue weighted by Crippen LogP contribution is -2.51. The van der Waals surface area contributed by atoms with Gasteiger partial charge in [0.05, 0.1) is 6.04 Å². The second kappa shape index (κ2) is 5.36. The van der Waals surface area contributed by atoms with Crippen molar-refractivity contribution in [3.8, 4) is 0 Å². The molecule has 4 nitrogen and oxygen atoms in total. The molecule has 1 amide bonds. The molecule has 0 bridgehead atoms. The Kier molecular flexibility index (Phi) is 4.05. The van der Waals surface area contributed by atoms with E-state index in [0.717, 1.165) is 25.4 Å². The van der Waals surface area contributed by atoms with Crippen LogP contribution in [0.4, 0.5) is 0 Å². The summed E-state index contributed by atoms with van der Waals surface area (Å²) in [7, 11) is 0. The first kappa shape index (κ1) is 12.8. The molecule has 0 spiro atoms. The van der Waals surface area contributed by atoms with Crippen LogP contribution in [0.25, 0.3) is 0 Å². The highest BCUT2D eigenvalue weighted by Crippen LogP contribution is 2.27. The molecule has 2 rings (SSSR count). The molecule has 0 aromatic carbocycles. The van der Waals surface area contributed by atoms with E-state index in [0.29, 0.717) is 12.1 Å². The standard InChI is InChI=1S/C13H25N3O/c1-9(2)16(11-4-3-5-11)8-10-6-7-12(15-10)13(14)17/h9-12,15H,3-8H2,1-2H3,(H2,14,17). The van der Waals surface area contributed by atoms with Gasteiger partial charge in [-0.05, 0) is 39.5 Å². The highest BCUT2D eigenvalue weighted by molar-refractivity contribution is 5.80. The molecule has 1 saturated carbocycles. The number of hydrogen-bond donors (Lipinski definition) is 2. The number of nitrogens with one attached hydrogen (secondary N) is 1. The Balaban J connectivity index is 1.84. The number of nitrogens with zero attached hydrogens (tertiary/aromatic N) is 1. The maximum atomic E-state index is 11.1. The Labute approximate surface area is 104 Å². The molecule has 2 atom stereocenters. The third-order valence-electron chi connectivity index (χ3n) is 4.22. The Bertz CT molecular complexity index is 276. The van der Waals surface area contributed by atoms with Crippen molar-refractivity contribution < 1.29 is 4.79 Å². The van der Waals surface area contributed by atoms with Gasteiger partial charge in [-0.1, -0.05) is 6.42 Å². The van der Waals surface area contributed by atoms with E-state index < -0.39 is 0 Å². The summed E-state index contributed by atoms with van der Waals surface area (Å²) in [4.78, 5) is 13.7. The van der Waals surface area contributed by atoms with Gasteiger partial charge in [-0.3, -0.25) is 9.69 Å². The topological polar surface area (TPSA) is 58.4 Å². The Hall–Kier alpha value is -0.610. The fraction of sp³-hybridized carbons (Fsp3) is 0.923. The summed E-state index contributed by atoms with van der Waals surface area (Å²) in [6, 6.07) is 1.70. The van der Waals surface area contributed by atoms with E-state index in [2.05, 4.69) is 24.1 Å². The summed E-state index contributed by atoms with van der Waals surface area (Å²) in [5, 5.41) is 3.36. The fourth-order valence-electron chi connectivity index (χ4n) is 2.94. The van der Waals surface area contributed by atoms with Crippen molar-refractivity contribution in [3.05, 3.63) is 0 Å². The lowest BCUT2D eigenvalue weighted by Gasteiger charge is -2.41. The van der Waals surface area contributed by atoms with E-state index in [9.17, 15) is 4.79 Å². The fourth-order valence-corrected chi connectivity index (χ4v) is 2.94. The number of hydrogen-bond acceptors (Lipinski definition) is 3. The van der Waals surface area contributed by atoms with Crippen molar-refractivity contribution in [2.24, 2.45) is 5.73 Å². The van der Waals surface area contributed by atoms with Gasteiger partial charge in [-0.2, -0.15) is 0 Å². The quantitative estimate of drug-likeness (QED) is 0.748. The number of primary amides is 1. The molecule has 4 heteroatoms. The molecule has 0 radical (unpaired) electrons. The molecule has 0 aromatic heterocycles. The molecule has 1 heterocycles. The monoisotopic (exact) mass is 239 g/mol. The molecule has 2 unspecified atom stereocenters. The van der Waals surface area contributed by atoms with Crippen LogP contribution in [0, 0.1) is 0 Å². The average molecular weight is 239 g/mol. The van der Waals surface area contributed by atoms with Crippen LogP contribution in [0.15, 0.2) is 0 Å². The molecule has 1 aliphatic heterocycles. The van der Waals surface area contributed by atoms with Crippen LogP contribution in [0.5, 0.6) is 0 Å². The lowest BCUT2D eigenvalue weighted by molar-refractivity contribution is -0.119. The van der Waals surface area contributed by atoms with Gasteiger partial charge in [0, 0.05) is 24.7 Å². The van der Waals surface area contributed by atoms with Crippen LogP contribution in [0.1, 0.15) is 46.0 Å². The molecule has 3 N–H and O–H groups in total. The van der Waals surface area contributed by atoms with E-state index in [1.807, 2.05) is 0 Å². The zero-order valence-corrected chi connectivity index (χ0v) is 11.0. The van der Waals surface area contributed by atoms with E-state index in [1.165, 1.54) is 19.3 Å². The first-order chi connectivity index (χ1) is 8.08. The number of nitrogens with two attached hydrogens (primary N) is 1. The summed E-state index contributed by atoms with van der Waals surface area (Å²) < 4.78 is 0. The maximum absolute atomic E-state index is 11.1. The molecule has 1 aliphatic carbocycles. The van der Waals surface area contributed by atoms with Crippen molar-refractivity contribution in [2.75, 3.05) is 6.54 Å². The van der Waals surface area contributed by atoms with Gasteiger partial charge in [-0.15, -0.1) is 0 Å². The van der Waals surface area contributed by atoms with Crippen molar-refractivity contribution in [1.82, 2.24) is 10.2 Å². The first-order valence-electron chi connectivity index (χ1n) is 6.89. The van der Waals surface area contributed by atoms with Gasteiger partial charge in [0.1, 0.15) is 0 Å². The number of carbonyl (C=O) groups is 1. The molecule has 2 fully saturated rings. The molecule has 2 aliphatic rings. The third kappa shape index (κ3) is 2.99. The summed E-state index contributed by atoms with van der Waals surface area (Å²) in [6.45, 7) is 5.59. The lowest BCUT2D eigenvalue weighted by atomic mass is 9.90. The summed E-state index contributed by atoms with van der Waals surface area (Å²) in [6.07, 6.45) is 6.02. The largest absolute Gasteiger partial charge is 0.368 e. The minimum Gasteiger partial charge on any atom is -0.368 e. The number of amides is 1. The zero-order chi connectivity index (χ0) is 12.4. The van der Waals surface area contributed by atoms with E-state index in [-0.39, 0.29) is 11.9 Å². The van der Waals surface area contributed by atoms with Gasteiger partial charge in [0.2, 0.25) is 5.91 Å². The smallest absolute Gasteiger partial charge is 0.234 e. The Morgan fingerprint density at radius 3 is 2.47 bits per heavy atom. The molecular formula is C13H25N3O. The molecule has 17 heavy (non-hydrogen) atoms. The van der Waals surface area contributed by atoms with Crippen LogP contribution in [-0.4, -0.2) is 41.5 Å². The molecule has 0 aromatic rings. The van der Waals surface area contributed by atoms with Crippen molar-refractivity contribution >= 4 is 5.91 Å². The van der Waals surface area contributed by atoms with Gasteiger partial charge < -0.3 is 11.1 Å². The Morgan fingerprint density at radius 2 is 2.06 bits per heavy atom. The molecule has 98 valence electrons. The van der Waals surface area contributed by atoms with Gasteiger partial charge >= 0.3 is 0 Å². The van der Waals surface area contributed by atoms with E-state index in [4.69, 9.17) is 5.73 Å². The predicted molar refractivity (Wildman–Crippen MR) is 68.6 cm³/mol. The SMILES string of the molecule is CC(C)N(CC1CCC(C(N)=O)N1)C1CCC1. The minimum absolute atomic E-state index is 0.101. The highest BCUT2D eigenvalue weighted by atomic mass is 16.1. The maximum Gasteiger partial charge on any atom is 0.234 e. The summed E-state index contributed by atoms with van der Waals surface area (Å²) in [5.41, 5.74) is 5.33. The molecule has 1 saturated heterocycles. The van der Waals surface area contributed by atoms with Crippen LogP contribution in [0.3, 0.4) is 0 Å². The average Bonchev–Trinajstić information content (AvgIpc) is 2.62. The predicted octanol–water partition coefficient (Wildman–Crippen LogP) is 0.855. The van der Waals surface area contributed by atoms with Crippen molar-refractivity contribution in [3.63, 3.8) is 0 Å². The third-order valence-corrected chi connectivity index (χ3v) is 4.22.